The molecule has 0 aliphatic carbocycles. The van der Waals surface area contributed by atoms with Gasteiger partial charge in [-0.25, -0.2) is 4.90 Å². The molecule has 1 aromatic heterocycles. The average molecular weight is 335 g/mol. The smallest absolute Gasteiger partial charge is 0.239 e. The van der Waals surface area contributed by atoms with Crippen molar-refractivity contribution in [1.82, 2.24) is 9.88 Å². The maximum atomic E-state index is 13.2. The van der Waals surface area contributed by atoms with E-state index in [4.69, 9.17) is 0 Å². The SMILES string of the molecule is Cc1ccc(N2C(=O)[C@@H]3[C@@H](CN(C)[C@H]3c3cccnc3)C2=O)cc1C. The number of likely N-dealkylation sites (tertiary alicyclic amines) is 1. The molecule has 3 heterocycles. The van der Waals surface area contributed by atoms with Gasteiger partial charge in [-0.15, -0.1) is 0 Å². The number of amides is 2. The number of anilines is 1. The van der Waals surface area contributed by atoms with Crippen molar-refractivity contribution in [1.29, 1.82) is 0 Å². The first-order chi connectivity index (χ1) is 12.0. The molecule has 0 N–H and O–H groups in total. The van der Waals surface area contributed by atoms with Gasteiger partial charge >= 0.3 is 0 Å². The largest absolute Gasteiger partial charge is 0.298 e. The standard InChI is InChI=1S/C20H21N3O2/c1-12-6-7-15(9-13(12)2)23-19(24)16-11-22(3)18(17(16)20(23)25)14-5-4-8-21-10-14/h4-10,16-18H,11H2,1-3H3/t16-,17-,18+/m1/s1. The number of pyridine rings is 1. The molecule has 4 rings (SSSR count). The van der Waals surface area contributed by atoms with Crippen molar-refractivity contribution in [3.63, 3.8) is 0 Å². The zero-order valence-electron chi connectivity index (χ0n) is 14.6. The summed E-state index contributed by atoms with van der Waals surface area (Å²) in [4.78, 5) is 33.8. The second-order valence-corrected chi connectivity index (χ2v) is 7.08. The number of rotatable bonds is 2. The third kappa shape index (κ3) is 2.38. The van der Waals surface area contributed by atoms with E-state index in [1.54, 1.807) is 12.4 Å². The number of carbonyl (C=O) groups is 2. The molecule has 2 saturated heterocycles. The minimum absolute atomic E-state index is 0.0866. The number of imide groups is 1. The van der Waals surface area contributed by atoms with Crippen LogP contribution in [-0.4, -0.2) is 35.3 Å². The van der Waals surface area contributed by atoms with E-state index >= 15 is 0 Å². The predicted molar refractivity (Wildman–Crippen MR) is 95.0 cm³/mol. The zero-order valence-corrected chi connectivity index (χ0v) is 14.6. The molecule has 5 nitrogen and oxygen atoms in total. The van der Waals surface area contributed by atoms with Gasteiger partial charge in [0, 0.05) is 25.0 Å². The topological polar surface area (TPSA) is 53.5 Å². The summed E-state index contributed by atoms with van der Waals surface area (Å²) in [6.07, 6.45) is 3.51. The minimum atomic E-state index is -0.344. The highest BCUT2D eigenvalue weighted by Gasteiger charge is 2.57. The molecule has 0 saturated carbocycles. The van der Waals surface area contributed by atoms with Gasteiger partial charge in [0.05, 0.1) is 17.5 Å². The molecular weight excluding hydrogens is 314 g/mol. The first-order valence-corrected chi connectivity index (χ1v) is 8.54. The highest BCUT2D eigenvalue weighted by atomic mass is 16.2. The Kier molecular flexibility index (Phi) is 3.69. The van der Waals surface area contributed by atoms with Gasteiger partial charge in [0.2, 0.25) is 11.8 Å². The Morgan fingerprint density at radius 1 is 1.08 bits per heavy atom. The lowest BCUT2D eigenvalue weighted by molar-refractivity contribution is -0.123. The average Bonchev–Trinajstić information content (AvgIpc) is 3.06. The Balaban J connectivity index is 1.73. The van der Waals surface area contributed by atoms with Crippen LogP contribution in [0.2, 0.25) is 0 Å². The summed E-state index contributed by atoms with van der Waals surface area (Å²) in [5.41, 5.74) is 3.90. The Bertz CT molecular complexity index is 849. The lowest BCUT2D eigenvalue weighted by Gasteiger charge is -2.25. The Hall–Kier alpha value is -2.53. The number of carbonyl (C=O) groups excluding carboxylic acids is 2. The second kappa shape index (κ2) is 5.77. The van der Waals surface area contributed by atoms with Crippen molar-refractivity contribution in [2.24, 2.45) is 11.8 Å². The first-order valence-electron chi connectivity index (χ1n) is 8.54. The molecule has 3 atom stereocenters. The van der Waals surface area contributed by atoms with E-state index in [0.29, 0.717) is 12.2 Å². The fourth-order valence-electron chi connectivity index (χ4n) is 4.13. The van der Waals surface area contributed by atoms with E-state index in [9.17, 15) is 9.59 Å². The molecule has 2 aliphatic heterocycles. The highest BCUT2D eigenvalue weighted by molar-refractivity contribution is 6.22. The van der Waals surface area contributed by atoms with Crippen LogP contribution in [0.5, 0.6) is 0 Å². The van der Waals surface area contributed by atoms with Gasteiger partial charge in [-0.2, -0.15) is 0 Å². The summed E-state index contributed by atoms with van der Waals surface area (Å²) in [6, 6.07) is 9.50. The highest BCUT2D eigenvalue weighted by Crippen LogP contribution is 2.46. The molecule has 0 bridgehead atoms. The van der Waals surface area contributed by atoms with Gasteiger partial charge in [0.1, 0.15) is 0 Å². The lowest BCUT2D eigenvalue weighted by atomic mass is 9.89. The van der Waals surface area contributed by atoms with Crippen molar-refractivity contribution in [3.05, 3.63) is 59.4 Å². The Labute approximate surface area is 147 Å². The van der Waals surface area contributed by atoms with Crippen LogP contribution >= 0.6 is 0 Å². The van der Waals surface area contributed by atoms with Crippen LogP contribution in [0.3, 0.4) is 0 Å². The molecule has 0 unspecified atom stereocenters. The summed E-state index contributed by atoms with van der Waals surface area (Å²) >= 11 is 0. The molecule has 2 aliphatic rings. The zero-order chi connectivity index (χ0) is 17.7. The number of aryl methyl sites for hydroxylation is 2. The van der Waals surface area contributed by atoms with Crippen molar-refractivity contribution < 1.29 is 9.59 Å². The van der Waals surface area contributed by atoms with E-state index in [-0.39, 0.29) is 29.7 Å². The Morgan fingerprint density at radius 2 is 1.88 bits per heavy atom. The molecular formula is C20H21N3O2. The molecule has 128 valence electrons. The molecule has 5 heteroatoms. The normalized spacial score (nSPS) is 26.4. The monoisotopic (exact) mass is 335 g/mol. The maximum Gasteiger partial charge on any atom is 0.239 e. The summed E-state index contributed by atoms with van der Waals surface area (Å²) < 4.78 is 0. The van der Waals surface area contributed by atoms with E-state index in [1.807, 2.05) is 51.2 Å². The lowest BCUT2D eigenvalue weighted by Crippen LogP contribution is -2.36. The quantitative estimate of drug-likeness (QED) is 0.791. The van der Waals surface area contributed by atoms with Crippen LogP contribution in [0.25, 0.3) is 0 Å². The molecule has 25 heavy (non-hydrogen) atoms. The molecule has 2 amide bonds. The van der Waals surface area contributed by atoms with E-state index in [2.05, 4.69) is 9.88 Å². The third-order valence-electron chi connectivity index (χ3n) is 5.55. The van der Waals surface area contributed by atoms with Crippen molar-refractivity contribution >= 4 is 17.5 Å². The summed E-state index contributed by atoms with van der Waals surface area (Å²) in [7, 11) is 1.97. The van der Waals surface area contributed by atoms with Gasteiger partial charge in [0.15, 0.2) is 0 Å². The predicted octanol–water partition coefficient (Wildman–Crippen LogP) is 2.49. The fraction of sp³-hybridized carbons (Fsp3) is 0.350. The third-order valence-corrected chi connectivity index (χ3v) is 5.55. The number of hydrogen-bond donors (Lipinski definition) is 0. The molecule has 0 spiro atoms. The molecule has 0 radical (unpaired) electrons. The van der Waals surface area contributed by atoms with Gasteiger partial charge in [-0.3, -0.25) is 19.5 Å². The molecule has 1 aromatic carbocycles. The summed E-state index contributed by atoms with van der Waals surface area (Å²) in [5, 5.41) is 0. The van der Waals surface area contributed by atoms with Gasteiger partial charge in [-0.1, -0.05) is 12.1 Å². The van der Waals surface area contributed by atoms with Gasteiger partial charge < -0.3 is 0 Å². The van der Waals surface area contributed by atoms with E-state index < -0.39 is 0 Å². The van der Waals surface area contributed by atoms with Crippen LogP contribution in [0.15, 0.2) is 42.7 Å². The van der Waals surface area contributed by atoms with Crippen molar-refractivity contribution in [2.45, 2.75) is 19.9 Å². The maximum absolute atomic E-state index is 13.2. The van der Waals surface area contributed by atoms with Crippen LogP contribution < -0.4 is 4.90 Å². The number of fused-ring (bicyclic) bond motifs is 1. The second-order valence-electron chi connectivity index (χ2n) is 7.08. The Morgan fingerprint density at radius 3 is 2.56 bits per heavy atom. The first kappa shape index (κ1) is 16.0. The number of benzene rings is 1. The molecule has 2 aromatic rings. The van der Waals surface area contributed by atoms with Crippen molar-refractivity contribution in [2.75, 3.05) is 18.5 Å². The van der Waals surface area contributed by atoms with Crippen LogP contribution in [-0.2, 0) is 9.59 Å². The minimum Gasteiger partial charge on any atom is -0.298 e. The number of nitrogens with zero attached hydrogens (tertiary/aromatic N) is 3. The number of aromatic nitrogens is 1. The van der Waals surface area contributed by atoms with E-state index in [1.165, 1.54) is 4.90 Å². The van der Waals surface area contributed by atoms with Gasteiger partial charge in [-0.05, 0) is 55.8 Å². The fourth-order valence-corrected chi connectivity index (χ4v) is 4.13. The number of hydrogen-bond acceptors (Lipinski definition) is 4. The van der Waals surface area contributed by atoms with Crippen LogP contribution in [0.4, 0.5) is 5.69 Å². The van der Waals surface area contributed by atoms with Crippen LogP contribution in [0, 0.1) is 25.7 Å². The summed E-state index contributed by atoms with van der Waals surface area (Å²) in [5.74, 6) is -0.819. The van der Waals surface area contributed by atoms with Crippen molar-refractivity contribution in [3.8, 4) is 0 Å². The molecule has 2 fully saturated rings. The van der Waals surface area contributed by atoms with E-state index in [0.717, 1.165) is 16.7 Å². The van der Waals surface area contributed by atoms with Gasteiger partial charge in [0.25, 0.3) is 0 Å². The van der Waals surface area contributed by atoms with Crippen LogP contribution in [0.1, 0.15) is 22.7 Å². The summed E-state index contributed by atoms with van der Waals surface area (Å²) in [6.45, 7) is 4.61.